The van der Waals surface area contributed by atoms with E-state index in [9.17, 15) is 49.2 Å². The Morgan fingerprint density at radius 3 is 2.06 bits per heavy atom. The molecule has 17 heteroatoms. The number of carbonyl (C=O) groups is 6. The van der Waals surface area contributed by atoms with Crippen molar-refractivity contribution in [3.05, 3.63) is 23.8 Å². The fourth-order valence-corrected chi connectivity index (χ4v) is 4.58. The van der Waals surface area contributed by atoms with Gasteiger partial charge in [0.05, 0.1) is 24.8 Å². The molecule has 1 aromatic carbocycles. The second-order valence-corrected chi connectivity index (χ2v) is 13.2. The van der Waals surface area contributed by atoms with Crippen LogP contribution in [0.4, 0.5) is 5.69 Å². The van der Waals surface area contributed by atoms with Crippen molar-refractivity contribution in [2.75, 3.05) is 18.5 Å². The number of esters is 1. The van der Waals surface area contributed by atoms with Crippen LogP contribution in [0.1, 0.15) is 66.9 Å². The van der Waals surface area contributed by atoms with Crippen LogP contribution in [0.5, 0.6) is 5.75 Å². The van der Waals surface area contributed by atoms with Gasteiger partial charge in [0, 0.05) is 18.8 Å². The van der Waals surface area contributed by atoms with E-state index in [1.54, 1.807) is 41.5 Å². The second kappa shape index (κ2) is 20.0. The Hall–Kier alpha value is -4.16. The van der Waals surface area contributed by atoms with Crippen LogP contribution in [-0.2, 0) is 49.6 Å². The summed E-state index contributed by atoms with van der Waals surface area (Å²) in [6, 6.07) is 1.96. The van der Waals surface area contributed by atoms with E-state index < -0.39 is 78.4 Å². The molecule has 0 unspecified atom stereocenters. The molecule has 1 aromatic rings. The molecule has 1 fully saturated rings. The molecule has 286 valence electrons. The van der Waals surface area contributed by atoms with Crippen LogP contribution < -0.4 is 20.7 Å². The molecule has 7 atom stereocenters. The quantitative estimate of drug-likeness (QED) is 0.0746. The van der Waals surface area contributed by atoms with E-state index in [-0.39, 0.29) is 61.7 Å². The maximum atomic E-state index is 13.3. The number of aliphatic carboxylic acids is 1. The number of aliphatic hydroxyl groups excluding tert-OH is 3. The molecule has 51 heavy (non-hydrogen) atoms. The van der Waals surface area contributed by atoms with Gasteiger partial charge in [0.25, 0.3) is 0 Å². The molecular weight excluding hydrogens is 674 g/mol. The third-order valence-electron chi connectivity index (χ3n) is 7.84. The van der Waals surface area contributed by atoms with Crippen molar-refractivity contribution in [1.29, 1.82) is 0 Å². The summed E-state index contributed by atoms with van der Waals surface area (Å²) in [5, 5.41) is 47.8. The number of nitrogens with one attached hydrogen (secondary N) is 3. The fourth-order valence-electron chi connectivity index (χ4n) is 4.58. The topological polar surface area (TPSA) is 256 Å². The Labute approximate surface area is 296 Å². The Kier molecular flexibility index (Phi) is 16.9. The predicted octanol–water partition coefficient (Wildman–Crippen LogP) is 0.263. The molecule has 1 heterocycles. The molecule has 1 aliphatic heterocycles. The summed E-state index contributed by atoms with van der Waals surface area (Å²) in [5.41, 5.74) is 0.330. The predicted molar refractivity (Wildman–Crippen MR) is 179 cm³/mol. The second-order valence-electron chi connectivity index (χ2n) is 13.2. The minimum absolute atomic E-state index is 0.0437. The number of Topliss-reactive ketones (excluding diaryl/α,β-unsaturated/α-hetero) is 1. The average Bonchev–Trinajstić information content (AvgIpc) is 3.06. The molecule has 1 aliphatic rings. The van der Waals surface area contributed by atoms with Gasteiger partial charge in [0.2, 0.25) is 24.0 Å². The van der Waals surface area contributed by atoms with Crippen molar-refractivity contribution >= 4 is 41.1 Å². The number of hydrogen-bond acceptors (Lipinski definition) is 13. The molecule has 0 bridgehead atoms. The third kappa shape index (κ3) is 13.2. The summed E-state index contributed by atoms with van der Waals surface area (Å²) in [4.78, 5) is 74.4. The van der Waals surface area contributed by atoms with E-state index in [0.29, 0.717) is 5.56 Å². The highest BCUT2D eigenvalue weighted by Crippen LogP contribution is 2.31. The Bertz CT molecular complexity index is 1380. The number of anilines is 1. The fraction of sp³-hybridized carbons (Fsp3) is 0.647. The number of ketones is 1. The van der Waals surface area contributed by atoms with E-state index in [4.69, 9.17) is 18.9 Å². The van der Waals surface area contributed by atoms with Gasteiger partial charge in [-0.05, 0) is 30.5 Å². The third-order valence-corrected chi connectivity index (χ3v) is 7.84. The molecule has 1 saturated heterocycles. The van der Waals surface area contributed by atoms with Crippen LogP contribution in [0, 0.1) is 17.8 Å². The van der Waals surface area contributed by atoms with Gasteiger partial charge in [-0.1, -0.05) is 47.6 Å². The van der Waals surface area contributed by atoms with Crippen molar-refractivity contribution in [3.63, 3.8) is 0 Å². The monoisotopic (exact) mass is 725 g/mol. The lowest BCUT2D eigenvalue weighted by Gasteiger charge is -2.38. The first kappa shape index (κ1) is 43.0. The summed E-state index contributed by atoms with van der Waals surface area (Å²) in [6.45, 7) is 11.7. The zero-order valence-electron chi connectivity index (χ0n) is 29.9. The van der Waals surface area contributed by atoms with Crippen LogP contribution in [-0.4, -0.2) is 112 Å². The first-order valence-corrected chi connectivity index (χ1v) is 16.7. The van der Waals surface area contributed by atoms with Gasteiger partial charge in [-0.15, -0.1) is 0 Å². The largest absolute Gasteiger partial charge is 0.479 e. The van der Waals surface area contributed by atoms with Gasteiger partial charge in [-0.25, -0.2) is 4.79 Å². The molecule has 3 amide bonds. The SMILES string of the molecule is CC(C)C(=O)CCOCCC(=O)N[C@H](C(=O)N[C@@H](C)C(=O)Nc1cc(COC(=O)C(C)C)ccc1O[C@@H]1O[C@H](C(=O)O)[C@@H](O)[C@H](O)[C@H]1O)C(C)C. The zero-order valence-corrected chi connectivity index (χ0v) is 29.9. The minimum atomic E-state index is -1.96. The highest BCUT2D eigenvalue weighted by Gasteiger charge is 2.48. The van der Waals surface area contributed by atoms with E-state index in [1.165, 1.54) is 25.1 Å². The van der Waals surface area contributed by atoms with Gasteiger partial charge >= 0.3 is 11.9 Å². The maximum Gasteiger partial charge on any atom is 0.335 e. The first-order valence-electron chi connectivity index (χ1n) is 16.7. The number of amides is 3. The summed E-state index contributed by atoms with van der Waals surface area (Å²) in [6.07, 6.45) is -9.38. The number of carbonyl (C=O) groups excluding carboxylic acids is 5. The van der Waals surface area contributed by atoms with Crippen LogP contribution >= 0.6 is 0 Å². The van der Waals surface area contributed by atoms with E-state index in [0.717, 1.165) is 0 Å². The molecule has 7 N–H and O–H groups in total. The van der Waals surface area contributed by atoms with Gasteiger partial charge < -0.3 is 55.3 Å². The summed E-state index contributed by atoms with van der Waals surface area (Å²) in [7, 11) is 0. The molecule has 0 aliphatic carbocycles. The van der Waals surface area contributed by atoms with E-state index in [2.05, 4.69) is 16.0 Å². The lowest BCUT2D eigenvalue weighted by molar-refractivity contribution is -0.271. The Balaban J connectivity index is 2.16. The van der Waals surface area contributed by atoms with Crippen LogP contribution in [0.25, 0.3) is 0 Å². The van der Waals surface area contributed by atoms with Gasteiger partial charge in [0.15, 0.2) is 6.10 Å². The standard InChI is InChI=1S/C34H51N3O14/c1-16(2)22(38)10-12-48-13-11-24(39)37-25(17(3)4)31(44)35-19(7)30(43)36-21-14-20(15-49-33(47)18(5)6)8-9-23(21)50-34-28(42)26(40)27(41)29(51-34)32(45)46/h8-9,14,16-19,25-29,34,40-42H,10-13,15H2,1-7H3,(H,35,44)(H,36,43)(H,37,39)(H,45,46)/t19-,25-,26-,27-,28+,29-,34+/m0/s1. The Morgan fingerprint density at radius 1 is 0.824 bits per heavy atom. The summed E-state index contributed by atoms with van der Waals surface area (Å²) < 4.78 is 21.5. The van der Waals surface area contributed by atoms with Crippen molar-refractivity contribution in [1.82, 2.24) is 10.6 Å². The number of hydrogen-bond donors (Lipinski definition) is 7. The van der Waals surface area contributed by atoms with Crippen LogP contribution in [0.15, 0.2) is 18.2 Å². The first-order chi connectivity index (χ1) is 23.8. The summed E-state index contributed by atoms with van der Waals surface area (Å²) in [5.74, 6) is -5.00. The van der Waals surface area contributed by atoms with E-state index in [1.807, 2.05) is 0 Å². The highest BCUT2D eigenvalue weighted by atomic mass is 16.7. The van der Waals surface area contributed by atoms with Crippen molar-refractivity contribution in [2.45, 2.75) is 111 Å². The van der Waals surface area contributed by atoms with E-state index >= 15 is 0 Å². The molecule has 2 rings (SSSR count). The number of benzene rings is 1. The molecular formula is C34H51N3O14. The molecule has 0 spiro atoms. The molecule has 17 nitrogen and oxygen atoms in total. The average molecular weight is 726 g/mol. The van der Waals surface area contributed by atoms with Crippen molar-refractivity contribution in [3.8, 4) is 5.75 Å². The van der Waals surface area contributed by atoms with Crippen LogP contribution in [0.3, 0.4) is 0 Å². The lowest BCUT2D eigenvalue weighted by Crippen LogP contribution is -2.61. The normalized spacial score (nSPS) is 21.5. The maximum absolute atomic E-state index is 13.3. The van der Waals surface area contributed by atoms with Gasteiger partial charge in [-0.2, -0.15) is 0 Å². The molecule has 0 saturated carbocycles. The zero-order chi connectivity index (χ0) is 38.6. The minimum Gasteiger partial charge on any atom is -0.479 e. The van der Waals surface area contributed by atoms with Gasteiger partial charge in [0.1, 0.15) is 48.5 Å². The van der Waals surface area contributed by atoms with Crippen molar-refractivity contribution in [2.24, 2.45) is 17.8 Å². The highest BCUT2D eigenvalue weighted by molar-refractivity contribution is 5.99. The number of ether oxygens (including phenoxy) is 4. The number of carboxylic acid groups (broad SMARTS) is 1. The van der Waals surface area contributed by atoms with Crippen LogP contribution in [0.2, 0.25) is 0 Å². The van der Waals surface area contributed by atoms with Gasteiger partial charge in [-0.3, -0.25) is 24.0 Å². The Morgan fingerprint density at radius 2 is 1.47 bits per heavy atom. The molecule has 0 aromatic heterocycles. The number of aliphatic hydroxyl groups is 3. The number of carboxylic acids is 1. The number of rotatable bonds is 19. The summed E-state index contributed by atoms with van der Waals surface area (Å²) >= 11 is 0. The smallest absolute Gasteiger partial charge is 0.335 e. The molecule has 0 radical (unpaired) electrons. The van der Waals surface area contributed by atoms with Crippen molar-refractivity contribution < 1.29 is 68.1 Å². The lowest BCUT2D eigenvalue weighted by atomic mass is 9.99.